The van der Waals surface area contributed by atoms with Crippen LogP contribution in [0.1, 0.15) is 38.6 Å². The SMILES string of the molecule is CC.CCCc1n[nH]c(C)c1Cl. The first kappa shape index (κ1) is 11.5. The van der Waals surface area contributed by atoms with E-state index < -0.39 is 0 Å². The Hall–Kier alpha value is -0.500. The Morgan fingerprint density at radius 3 is 2.33 bits per heavy atom. The number of aromatic amines is 1. The summed E-state index contributed by atoms with van der Waals surface area (Å²) in [4.78, 5) is 0. The highest BCUT2D eigenvalue weighted by Crippen LogP contribution is 2.17. The lowest BCUT2D eigenvalue weighted by atomic mass is 10.2. The molecule has 1 aromatic heterocycles. The molecular formula is C9H17ClN2. The van der Waals surface area contributed by atoms with Crippen molar-refractivity contribution in [2.45, 2.75) is 40.5 Å². The van der Waals surface area contributed by atoms with E-state index in [1.54, 1.807) is 0 Å². The average Bonchev–Trinajstić information content (AvgIpc) is 2.41. The maximum atomic E-state index is 5.89. The van der Waals surface area contributed by atoms with E-state index in [0.717, 1.165) is 29.3 Å². The van der Waals surface area contributed by atoms with Crippen LogP contribution in [-0.2, 0) is 6.42 Å². The molecule has 0 bridgehead atoms. The molecule has 1 rings (SSSR count). The largest absolute Gasteiger partial charge is 0.281 e. The first-order chi connectivity index (χ1) is 5.75. The summed E-state index contributed by atoms with van der Waals surface area (Å²) >= 11 is 5.89. The summed E-state index contributed by atoms with van der Waals surface area (Å²) in [6.07, 6.45) is 2.05. The summed E-state index contributed by atoms with van der Waals surface area (Å²) in [5.74, 6) is 0. The third-order valence-corrected chi connectivity index (χ3v) is 1.93. The van der Waals surface area contributed by atoms with E-state index in [2.05, 4.69) is 17.1 Å². The predicted molar refractivity (Wildman–Crippen MR) is 53.7 cm³/mol. The van der Waals surface area contributed by atoms with Crippen LogP contribution >= 0.6 is 11.6 Å². The minimum absolute atomic E-state index is 0.793. The quantitative estimate of drug-likeness (QED) is 0.758. The molecule has 2 nitrogen and oxygen atoms in total. The van der Waals surface area contributed by atoms with E-state index in [9.17, 15) is 0 Å². The van der Waals surface area contributed by atoms with Gasteiger partial charge in [-0.15, -0.1) is 0 Å². The normalized spacial score (nSPS) is 9.08. The van der Waals surface area contributed by atoms with Crippen LogP contribution in [0.3, 0.4) is 0 Å². The topological polar surface area (TPSA) is 28.7 Å². The third-order valence-electron chi connectivity index (χ3n) is 1.43. The highest BCUT2D eigenvalue weighted by Gasteiger charge is 2.04. The summed E-state index contributed by atoms with van der Waals surface area (Å²) in [6.45, 7) is 8.04. The van der Waals surface area contributed by atoms with Crippen molar-refractivity contribution in [3.63, 3.8) is 0 Å². The number of nitrogens with zero attached hydrogens (tertiary/aromatic N) is 1. The van der Waals surface area contributed by atoms with Gasteiger partial charge in [0.05, 0.1) is 16.4 Å². The molecule has 12 heavy (non-hydrogen) atoms. The monoisotopic (exact) mass is 188 g/mol. The summed E-state index contributed by atoms with van der Waals surface area (Å²) in [5, 5.41) is 7.68. The molecule has 1 aromatic rings. The standard InChI is InChI=1S/C7H11ClN2.C2H6/c1-3-4-6-7(8)5(2)9-10-6;1-2/h3-4H2,1-2H3,(H,9,10);1-2H3. The Kier molecular flexibility index (Phi) is 5.81. The molecule has 3 heteroatoms. The highest BCUT2D eigenvalue weighted by atomic mass is 35.5. The smallest absolute Gasteiger partial charge is 0.0844 e. The molecule has 0 unspecified atom stereocenters. The van der Waals surface area contributed by atoms with Crippen molar-refractivity contribution in [3.05, 3.63) is 16.4 Å². The second-order valence-electron chi connectivity index (χ2n) is 2.36. The number of aryl methyl sites for hydroxylation is 2. The third kappa shape index (κ3) is 2.86. The lowest BCUT2D eigenvalue weighted by molar-refractivity contribution is 0.865. The number of H-pyrrole nitrogens is 1. The summed E-state index contributed by atoms with van der Waals surface area (Å²) < 4.78 is 0. The molecule has 0 fully saturated rings. The first-order valence-electron chi connectivity index (χ1n) is 4.45. The molecule has 0 aliphatic heterocycles. The number of halogens is 1. The van der Waals surface area contributed by atoms with Crippen LogP contribution < -0.4 is 0 Å². The van der Waals surface area contributed by atoms with Gasteiger partial charge < -0.3 is 0 Å². The zero-order chi connectivity index (χ0) is 9.56. The number of nitrogens with one attached hydrogen (secondary N) is 1. The number of hydrogen-bond acceptors (Lipinski definition) is 1. The number of aromatic nitrogens is 2. The maximum Gasteiger partial charge on any atom is 0.0844 e. The van der Waals surface area contributed by atoms with Gasteiger partial charge >= 0.3 is 0 Å². The van der Waals surface area contributed by atoms with Crippen LogP contribution in [-0.4, -0.2) is 10.2 Å². The van der Waals surface area contributed by atoms with Gasteiger partial charge in [-0.3, -0.25) is 5.10 Å². The molecule has 1 N–H and O–H groups in total. The summed E-state index contributed by atoms with van der Waals surface area (Å²) in [6, 6.07) is 0. The molecular weight excluding hydrogens is 172 g/mol. The van der Waals surface area contributed by atoms with Crippen LogP contribution in [0.4, 0.5) is 0 Å². The van der Waals surface area contributed by atoms with E-state index in [4.69, 9.17) is 11.6 Å². The molecule has 70 valence electrons. The number of hydrogen-bond donors (Lipinski definition) is 1. The Morgan fingerprint density at radius 1 is 1.42 bits per heavy atom. The molecule has 0 atom stereocenters. The zero-order valence-electron chi connectivity index (χ0n) is 8.24. The van der Waals surface area contributed by atoms with Gasteiger partial charge in [0.25, 0.3) is 0 Å². The molecule has 0 saturated heterocycles. The average molecular weight is 189 g/mol. The Bertz CT molecular complexity index is 218. The molecule has 0 spiro atoms. The van der Waals surface area contributed by atoms with Crippen LogP contribution in [0, 0.1) is 6.92 Å². The Labute approximate surface area is 79.3 Å². The van der Waals surface area contributed by atoms with E-state index in [0.29, 0.717) is 0 Å². The van der Waals surface area contributed by atoms with Gasteiger partial charge in [0.15, 0.2) is 0 Å². The fourth-order valence-electron chi connectivity index (χ4n) is 0.868. The zero-order valence-corrected chi connectivity index (χ0v) is 9.00. The molecule has 0 aliphatic carbocycles. The molecule has 0 aliphatic rings. The van der Waals surface area contributed by atoms with Gasteiger partial charge in [-0.25, -0.2) is 0 Å². The van der Waals surface area contributed by atoms with Crippen LogP contribution in [0.25, 0.3) is 0 Å². The lowest BCUT2D eigenvalue weighted by Crippen LogP contribution is -1.82. The fraction of sp³-hybridized carbons (Fsp3) is 0.667. The second-order valence-corrected chi connectivity index (χ2v) is 2.74. The van der Waals surface area contributed by atoms with E-state index >= 15 is 0 Å². The van der Waals surface area contributed by atoms with Gasteiger partial charge in [-0.2, -0.15) is 5.10 Å². The van der Waals surface area contributed by atoms with Crippen LogP contribution in [0.2, 0.25) is 5.02 Å². The number of rotatable bonds is 2. The van der Waals surface area contributed by atoms with Gasteiger partial charge in [0.1, 0.15) is 0 Å². The Balaban J connectivity index is 0.000000561. The van der Waals surface area contributed by atoms with Crippen molar-refractivity contribution in [2.75, 3.05) is 0 Å². The molecule has 0 amide bonds. The van der Waals surface area contributed by atoms with Gasteiger partial charge in [0, 0.05) is 0 Å². The molecule has 0 radical (unpaired) electrons. The fourth-order valence-corrected chi connectivity index (χ4v) is 1.05. The molecule has 0 saturated carbocycles. The van der Waals surface area contributed by atoms with Crippen molar-refractivity contribution >= 4 is 11.6 Å². The van der Waals surface area contributed by atoms with Crippen LogP contribution in [0.15, 0.2) is 0 Å². The predicted octanol–water partition coefficient (Wildman–Crippen LogP) is 3.35. The maximum absolute atomic E-state index is 5.89. The van der Waals surface area contributed by atoms with E-state index in [-0.39, 0.29) is 0 Å². The van der Waals surface area contributed by atoms with E-state index in [1.807, 2.05) is 20.8 Å². The lowest BCUT2D eigenvalue weighted by Gasteiger charge is -1.90. The summed E-state index contributed by atoms with van der Waals surface area (Å²) in [5.41, 5.74) is 1.95. The van der Waals surface area contributed by atoms with E-state index in [1.165, 1.54) is 0 Å². The minimum atomic E-state index is 0.793. The first-order valence-corrected chi connectivity index (χ1v) is 4.82. The van der Waals surface area contributed by atoms with Crippen molar-refractivity contribution in [2.24, 2.45) is 0 Å². The van der Waals surface area contributed by atoms with Gasteiger partial charge in [0.2, 0.25) is 0 Å². The summed E-state index contributed by atoms with van der Waals surface area (Å²) in [7, 11) is 0. The Morgan fingerprint density at radius 2 is 2.00 bits per heavy atom. The van der Waals surface area contributed by atoms with Crippen molar-refractivity contribution < 1.29 is 0 Å². The van der Waals surface area contributed by atoms with Crippen molar-refractivity contribution in [1.82, 2.24) is 10.2 Å². The van der Waals surface area contributed by atoms with Crippen molar-refractivity contribution in [3.8, 4) is 0 Å². The van der Waals surface area contributed by atoms with Crippen molar-refractivity contribution in [1.29, 1.82) is 0 Å². The van der Waals surface area contributed by atoms with Gasteiger partial charge in [-0.05, 0) is 13.3 Å². The van der Waals surface area contributed by atoms with Gasteiger partial charge in [-0.1, -0.05) is 38.8 Å². The highest BCUT2D eigenvalue weighted by molar-refractivity contribution is 6.31. The minimum Gasteiger partial charge on any atom is -0.281 e. The second kappa shape index (κ2) is 6.06. The molecule has 0 aromatic carbocycles. The van der Waals surface area contributed by atoms with Crippen LogP contribution in [0.5, 0.6) is 0 Å². The molecule has 1 heterocycles.